The lowest BCUT2D eigenvalue weighted by atomic mass is 10.1. The van der Waals surface area contributed by atoms with Gasteiger partial charge in [0.15, 0.2) is 11.6 Å². The average Bonchev–Trinajstić information content (AvgIpc) is 2.67. The Balaban J connectivity index is 2.09. The number of hydrogen-bond acceptors (Lipinski definition) is 5. The van der Waals surface area contributed by atoms with Crippen LogP contribution in [0.1, 0.15) is 27.1 Å². The highest BCUT2D eigenvalue weighted by Crippen LogP contribution is 2.22. The first kappa shape index (κ1) is 18.8. The van der Waals surface area contributed by atoms with E-state index in [9.17, 15) is 9.59 Å². The summed E-state index contributed by atoms with van der Waals surface area (Å²) in [6.45, 7) is 0. The Kier molecular flexibility index (Phi) is 6.83. The Morgan fingerprint density at radius 1 is 0.880 bits per heavy atom. The molecule has 0 amide bonds. The lowest BCUT2D eigenvalue weighted by molar-refractivity contribution is 0.0995. The van der Waals surface area contributed by atoms with Gasteiger partial charge in [-0.05, 0) is 65.8 Å². The largest absolute Gasteiger partial charge is 0.497 e. The molecule has 25 heavy (non-hydrogen) atoms. The summed E-state index contributed by atoms with van der Waals surface area (Å²) >= 11 is 1.40. The topological polar surface area (TPSA) is 52.6 Å². The van der Waals surface area contributed by atoms with E-state index in [-0.39, 0.29) is 18.0 Å². The van der Waals surface area contributed by atoms with E-state index in [1.807, 2.05) is 6.26 Å². The van der Waals surface area contributed by atoms with Gasteiger partial charge in [-0.1, -0.05) is 0 Å². The molecule has 0 heterocycles. The number of hydrogen-bond donors (Lipinski definition) is 0. The highest BCUT2D eigenvalue weighted by atomic mass is 32.2. The minimum Gasteiger partial charge on any atom is -0.497 e. The normalized spacial score (nSPS) is 11.1. The summed E-state index contributed by atoms with van der Waals surface area (Å²) in [6.07, 6.45) is 3.57. The zero-order valence-electron chi connectivity index (χ0n) is 14.4. The molecule has 0 aromatic heterocycles. The molecule has 0 saturated carbocycles. The molecule has 5 heteroatoms. The molecule has 2 aromatic carbocycles. The van der Waals surface area contributed by atoms with Gasteiger partial charge in [-0.2, -0.15) is 0 Å². The number of ketones is 2. The molecule has 2 rings (SSSR count). The van der Waals surface area contributed by atoms with Crippen LogP contribution >= 0.6 is 11.8 Å². The maximum Gasteiger partial charge on any atom is 0.186 e. The minimum absolute atomic E-state index is 0.0363. The van der Waals surface area contributed by atoms with Gasteiger partial charge in [-0.15, -0.1) is 11.8 Å². The number of ether oxygens (including phenoxy) is 2. The number of carbonyl (C=O) groups excluding carboxylic acids is 2. The summed E-state index contributed by atoms with van der Waals surface area (Å²) in [5.74, 6) is 1.23. The van der Waals surface area contributed by atoms with Gasteiger partial charge >= 0.3 is 0 Å². The van der Waals surface area contributed by atoms with Crippen LogP contribution in [0, 0.1) is 0 Å². The third kappa shape index (κ3) is 5.22. The third-order valence-electron chi connectivity index (χ3n) is 3.68. The van der Waals surface area contributed by atoms with E-state index in [0.717, 1.165) is 4.91 Å². The predicted octanol–water partition coefficient (Wildman–Crippen LogP) is 4.41. The molecule has 0 radical (unpaired) electrons. The Morgan fingerprint density at radius 2 is 1.36 bits per heavy atom. The van der Waals surface area contributed by atoms with Crippen LogP contribution in [0.5, 0.6) is 11.5 Å². The van der Waals surface area contributed by atoms with E-state index in [2.05, 4.69) is 0 Å². The molecule has 0 bridgehead atoms. The average molecular weight is 356 g/mol. The maximum atomic E-state index is 12.4. The highest BCUT2D eigenvalue weighted by molar-refractivity contribution is 8.02. The molecule has 130 valence electrons. The van der Waals surface area contributed by atoms with Crippen molar-refractivity contribution in [2.45, 2.75) is 6.42 Å². The van der Waals surface area contributed by atoms with Crippen molar-refractivity contribution in [2.24, 2.45) is 0 Å². The maximum absolute atomic E-state index is 12.4. The van der Waals surface area contributed by atoms with Crippen molar-refractivity contribution < 1.29 is 19.1 Å². The molecule has 2 aromatic rings. The quantitative estimate of drug-likeness (QED) is 0.518. The molecule has 0 fully saturated rings. The van der Waals surface area contributed by atoms with E-state index >= 15 is 0 Å². The molecule has 0 spiro atoms. The fourth-order valence-electron chi connectivity index (χ4n) is 2.20. The zero-order valence-corrected chi connectivity index (χ0v) is 15.3. The van der Waals surface area contributed by atoms with Crippen molar-refractivity contribution in [3.8, 4) is 11.5 Å². The monoisotopic (exact) mass is 356 g/mol. The second-order valence-corrected chi connectivity index (χ2v) is 6.17. The summed E-state index contributed by atoms with van der Waals surface area (Å²) in [5.41, 5.74) is 1.15. The lowest BCUT2D eigenvalue weighted by Gasteiger charge is -2.06. The Hall–Kier alpha value is -2.53. The zero-order chi connectivity index (χ0) is 18.2. The smallest absolute Gasteiger partial charge is 0.186 e. The summed E-state index contributed by atoms with van der Waals surface area (Å²) in [5, 5.41) is 0. The lowest BCUT2D eigenvalue weighted by Crippen LogP contribution is -2.02. The second kappa shape index (κ2) is 9.08. The number of allylic oxidation sites excluding steroid dienone is 2. The van der Waals surface area contributed by atoms with Crippen LogP contribution in [0.25, 0.3) is 0 Å². The van der Waals surface area contributed by atoms with Gasteiger partial charge in [0.25, 0.3) is 0 Å². The van der Waals surface area contributed by atoms with Gasteiger partial charge in [0, 0.05) is 17.5 Å². The fourth-order valence-corrected chi connectivity index (χ4v) is 2.70. The Labute approximate surface area is 151 Å². The summed E-state index contributed by atoms with van der Waals surface area (Å²) in [6, 6.07) is 13.8. The van der Waals surface area contributed by atoms with Crippen LogP contribution < -0.4 is 9.47 Å². The van der Waals surface area contributed by atoms with Crippen LogP contribution in [0.3, 0.4) is 0 Å². The molecule has 0 aliphatic rings. The third-order valence-corrected chi connectivity index (χ3v) is 4.46. The second-order valence-electron chi connectivity index (χ2n) is 5.24. The van der Waals surface area contributed by atoms with E-state index in [1.54, 1.807) is 62.8 Å². The molecular weight excluding hydrogens is 336 g/mol. The van der Waals surface area contributed by atoms with Gasteiger partial charge in [-0.25, -0.2) is 0 Å². The first-order chi connectivity index (χ1) is 12.1. The van der Waals surface area contributed by atoms with Gasteiger partial charge in [-0.3, -0.25) is 9.59 Å². The molecule has 4 nitrogen and oxygen atoms in total. The van der Waals surface area contributed by atoms with Crippen molar-refractivity contribution in [1.29, 1.82) is 0 Å². The van der Waals surface area contributed by atoms with Crippen LogP contribution in [0.2, 0.25) is 0 Å². The standard InChI is InChI=1S/C20H20O4S/c1-23-16-8-4-14(5-9-16)19(21)12-18(25-3)13-20(22)15-6-10-17(24-2)11-7-15/h4-12H,13H2,1-3H3/b18-12-. The van der Waals surface area contributed by atoms with E-state index in [4.69, 9.17) is 9.47 Å². The minimum atomic E-state index is -0.130. The Bertz CT molecular complexity index is 761. The van der Waals surface area contributed by atoms with Crippen LogP contribution in [0.15, 0.2) is 59.5 Å². The summed E-state index contributed by atoms with van der Waals surface area (Å²) in [4.78, 5) is 25.5. The van der Waals surface area contributed by atoms with Crippen molar-refractivity contribution in [3.05, 3.63) is 70.6 Å². The van der Waals surface area contributed by atoms with Crippen molar-refractivity contribution >= 4 is 23.3 Å². The van der Waals surface area contributed by atoms with Gasteiger partial charge in [0.1, 0.15) is 11.5 Å². The van der Waals surface area contributed by atoms with E-state index in [1.165, 1.54) is 17.8 Å². The van der Waals surface area contributed by atoms with E-state index < -0.39 is 0 Å². The van der Waals surface area contributed by atoms with Gasteiger partial charge < -0.3 is 9.47 Å². The molecule has 0 aliphatic carbocycles. The molecule has 0 saturated heterocycles. The molecular formula is C20H20O4S. The molecule has 0 atom stereocenters. The number of benzene rings is 2. The first-order valence-corrected chi connectivity index (χ1v) is 8.90. The molecule has 0 unspecified atom stereocenters. The van der Waals surface area contributed by atoms with Gasteiger partial charge in [0.2, 0.25) is 0 Å². The summed E-state index contributed by atoms with van der Waals surface area (Å²) in [7, 11) is 3.16. The predicted molar refractivity (Wildman–Crippen MR) is 101 cm³/mol. The van der Waals surface area contributed by atoms with Crippen LogP contribution in [-0.4, -0.2) is 32.0 Å². The molecule has 0 aliphatic heterocycles. The van der Waals surface area contributed by atoms with Crippen molar-refractivity contribution in [3.63, 3.8) is 0 Å². The number of Topliss-reactive ketones (excluding diaryl/α,β-unsaturated/α-hetero) is 1. The van der Waals surface area contributed by atoms with Crippen molar-refractivity contribution in [1.82, 2.24) is 0 Å². The number of carbonyl (C=O) groups is 2. The highest BCUT2D eigenvalue weighted by Gasteiger charge is 2.11. The van der Waals surface area contributed by atoms with Gasteiger partial charge in [0.05, 0.1) is 14.2 Å². The van der Waals surface area contributed by atoms with E-state index in [0.29, 0.717) is 22.6 Å². The van der Waals surface area contributed by atoms with Crippen LogP contribution in [0.4, 0.5) is 0 Å². The van der Waals surface area contributed by atoms with Crippen LogP contribution in [-0.2, 0) is 0 Å². The Morgan fingerprint density at radius 3 is 1.80 bits per heavy atom. The first-order valence-electron chi connectivity index (χ1n) is 7.67. The summed E-state index contributed by atoms with van der Waals surface area (Å²) < 4.78 is 10.2. The SMILES string of the molecule is COc1ccc(C(=O)/C=C(/CC(=O)c2ccc(OC)cc2)SC)cc1. The van der Waals surface area contributed by atoms with Crippen molar-refractivity contribution in [2.75, 3.05) is 20.5 Å². The number of methoxy groups -OCH3 is 2. The molecule has 0 N–H and O–H groups in total. The fraction of sp³-hybridized carbons (Fsp3) is 0.200. The number of thioether (sulfide) groups is 1. The number of rotatable bonds is 8.